The van der Waals surface area contributed by atoms with E-state index in [0.29, 0.717) is 11.5 Å². The Bertz CT molecular complexity index is 1260. The fourth-order valence-electron chi connectivity index (χ4n) is 3.04. The van der Waals surface area contributed by atoms with Gasteiger partial charge in [-0.2, -0.15) is 4.31 Å². The van der Waals surface area contributed by atoms with Crippen LogP contribution in [0.15, 0.2) is 70.0 Å². The van der Waals surface area contributed by atoms with Crippen LogP contribution in [0.1, 0.15) is 40.5 Å². The number of hydrazine groups is 1. The van der Waals surface area contributed by atoms with Gasteiger partial charge in [0.05, 0.1) is 0 Å². The number of furan rings is 1. The van der Waals surface area contributed by atoms with Gasteiger partial charge < -0.3 is 9.15 Å². The smallest absolute Gasteiger partial charge is 0.305 e. The molecule has 2 N–H and O–H groups in total. The van der Waals surface area contributed by atoms with Crippen molar-refractivity contribution >= 4 is 21.8 Å². The second-order valence-electron chi connectivity index (χ2n) is 7.01. The third-order valence-electron chi connectivity index (χ3n) is 4.82. The first-order chi connectivity index (χ1) is 16.3. The van der Waals surface area contributed by atoms with Crippen LogP contribution < -0.4 is 15.6 Å². The van der Waals surface area contributed by atoms with E-state index in [9.17, 15) is 22.4 Å². The number of amides is 2. The van der Waals surface area contributed by atoms with E-state index in [1.807, 2.05) is 18.2 Å². The third-order valence-corrected chi connectivity index (χ3v) is 6.88. The molecule has 0 aliphatic rings. The van der Waals surface area contributed by atoms with Crippen molar-refractivity contribution < 1.29 is 31.6 Å². The summed E-state index contributed by atoms with van der Waals surface area (Å²) in [6.07, 6.45) is 0. The number of carbonyl (C=O) groups excluding carboxylic acids is 2. The van der Waals surface area contributed by atoms with Crippen LogP contribution in [-0.4, -0.2) is 37.6 Å². The number of nitrogens with one attached hydrogen (secondary N) is 2. The topological polar surface area (TPSA) is 118 Å². The van der Waals surface area contributed by atoms with Gasteiger partial charge in [0.25, 0.3) is 5.91 Å². The minimum atomic E-state index is -4.12. The highest BCUT2D eigenvalue weighted by Crippen LogP contribution is 2.21. The van der Waals surface area contributed by atoms with Gasteiger partial charge in [-0.25, -0.2) is 12.8 Å². The summed E-state index contributed by atoms with van der Waals surface area (Å²) in [4.78, 5) is 24.1. The predicted octanol–water partition coefficient (Wildman–Crippen LogP) is 3.10. The summed E-state index contributed by atoms with van der Waals surface area (Å²) in [6.45, 7) is 3.64. The van der Waals surface area contributed by atoms with Crippen molar-refractivity contribution in [3.05, 3.63) is 83.6 Å². The van der Waals surface area contributed by atoms with Gasteiger partial charge in [0.1, 0.15) is 28.8 Å². The zero-order valence-electron chi connectivity index (χ0n) is 18.6. The summed E-state index contributed by atoms with van der Waals surface area (Å²) in [5.41, 5.74) is 4.19. The van der Waals surface area contributed by atoms with Crippen LogP contribution in [0.3, 0.4) is 0 Å². The highest BCUT2D eigenvalue weighted by molar-refractivity contribution is 7.89. The SMILES string of the molecule is CCN(CC)S(=O)(=O)c1cc(C(=O)NNC(=O)c2ccc(COc3ccccc3)o2)ccc1F. The molecular weight excluding hydrogens is 465 g/mol. The number of ether oxygens (including phenoxy) is 1. The minimum Gasteiger partial charge on any atom is -0.486 e. The molecule has 0 bridgehead atoms. The van der Waals surface area contributed by atoms with Crippen LogP contribution in [0.5, 0.6) is 5.75 Å². The summed E-state index contributed by atoms with van der Waals surface area (Å²) < 4.78 is 51.6. The zero-order valence-corrected chi connectivity index (χ0v) is 19.4. The standard InChI is InChI=1S/C23H24FN3O6S/c1-3-27(4-2)34(30,31)21-14-16(10-12-19(21)24)22(28)25-26-23(29)20-13-11-18(33-20)15-32-17-8-6-5-7-9-17/h5-14H,3-4,15H2,1-2H3,(H,25,28)(H,26,29). The first-order valence-electron chi connectivity index (χ1n) is 10.4. The van der Waals surface area contributed by atoms with Crippen LogP contribution in [0.4, 0.5) is 4.39 Å². The molecule has 0 aliphatic heterocycles. The molecule has 2 aromatic carbocycles. The quantitative estimate of drug-likeness (QED) is 0.446. The lowest BCUT2D eigenvalue weighted by Crippen LogP contribution is -2.41. The lowest BCUT2D eigenvalue weighted by atomic mass is 10.2. The number of hydrogen-bond donors (Lipinski definition) is 2. The van der Waals surface area contributed by atoms with Gasteiger partial charge in [0, 0.05) is 18.7 Å². The van der Waals surface area contributed by atoms with E-state index in [1.165, 1.54) is 6.07 Å². The molecule has 11 heteroatoms. The highest BCUT2D eigenvalue weighted by atomic mass is 32.2. The van der Waals surface area contributed by atoms with Crippen LogP contribution >= 0.6 is 0 Å². The number of carbonyl (C=O) groups is 2. The van der Waals surface area contributed by atoms with E-state index in [1.54, 1.807) is 32.0 Å². The Kier molecular flexibility index (Phi) is 8.03. The Hall–Kier alpha value is -3.70. The molecule has 0 atom stereocenters. The Morgan fingerprint density at radius 1 is 0.971 bits per heavy atom. The monoisotopic (exact) mass is 489 g/mol. The fourth-order valence-corrected chi connectivity index (χ4v) is 4.59. The largest absolute Gasteiger partial charge is 0.486 e. The van der Waals surface area contributed by atoms with Crippen molar-refractivity contribution in [2.75, 3.05) is 13.1 Å². The average molecular weight is 490 g/mol. The molecule has 34 heavy (non-hydrogen) atoms. The summed E-state index contributed by atoms with van der Waals surface area (Å²) in [7, 11) is -4.12. The molecule has 3 rings (SSSR count). The van der Waals surface area contributed by atoms with Crippen molar-refractivity contribution in [3.63, 3.8) is 0 Å². The Morgan fingerprint density at radius 3 is 2.32 bits per heavy atom. The lowest BCUT2D eigenvalue weighted by Gasteiger charge is -2.19. The number of hydrogen-bond acceptors (Lipinski definition) is 6. The molecule has 0 spiro atoms. The maximum atomic E-state index is 14.2. The molecule has 0 aliphatic carbocycles. The van der Waals surface area contributed by atoms with E-state index in [4.69, 9.17) is 9.15 Å². The first-order valence-corrected chi connectivity index (χ1v) is 11.9. The number of rotatable bonds is 9. The average Bonchev–Trinajstić information content (AvgIpc) is 3.31. The Balaban J connectivity index is 1.62. The van der Waals surface area contributed by atoms with Crippen molar-refractivity contribution in [2.45, 2.75) is 25.3 Å². The second kappa shape index (κ2) is 10.9. The molecule has 0 fully saturated rings. The molecule has 1 aromatic heterocycles. The molecule has 0 saturated heterocycles. The van der Waals surface area contributed by atoms with Gasteiger partial charge in [-0.3, -0.25) is 20.4 Å². The van der Waals surface area contributed by atoms with Crippen molar-refractivity contribution in [2.24, 2.45) is 0 Å². The maximum absolute atomic E-state index is 14.2. The van der Waals surface area contributed by atoms with E-state index in [0.717, 1.165) is 22.5 Å². The minimum absolute atomic E-state index is 0.0733. The lowest BCUT2D eigenvalue weighted by molar-refractivity contribution is 0.0828. The van der Waals surface area contributed by atoms with Crippen molar-refractivity contribution in [1.82, 2.24) is 15.2 Å². The molecule has 0 radical (unpaired) electrons. The molecule has 0 saturated carbocycles. The predicted molar refractivity (Wildman–Crippen MR) is 121 cm³/mol. The summed E-state index contributed by atoms with van der Waals surface area (Å²) in [5, 5.41) is 0. The van der Waals surface area contributed by atoms with Crippen LogP contribution in [-0.2, 0) is 16.6 Å². The molecule has 180 valence electrons. The molecular formula is C23H24FN3O6S. The number of nitrogens with zero attached hydrogens (tertiary/aromatic N) is 1. The van der Waals surface area contributed by atoms with Gasteiger partial charge in [-0.1, -0.05) is 32.0 Å². The van der Waals surface area contributed by atoms with Gasteiger partial charge in [0.2, 0.25) is 10.0 Å². The van der Waals surface area contributed by atoms with Crippen LogP contribution in [0, 0.1) is 5.82 Å². The van der Waals surface area contributed by atoms with Gasteiger partial charge >= 0.3 is 5.91 Å². The Morgan fingerprint density at radius 2 is 1.65 bits per heavy atom. The Labute approximate surface area is 196 Å². The number of sulfonamides is 1. The van der Waals surface area contributed by atoms with Gasteiger partial charge in [-0.05, 0) is 42.5 Å². The van der Waals surface area contributed by atoms with E-state index in [-0.39, 0.29) is 31.0 Å². The molecule has 3 aromatic rings. The summed E-state index contributed by atoms with van der Waals surface area (Å²) in [5.74, 6) is -1.59. The number of benzene rings is 2. The normalized spacial score (nSPS) is 11.3. The van der Waals surface area contributed by atoms with Gasteiger partial charge in [0.15, 0.2) is 5.76 Å². The zero-order chi connectivity index (χ0) is 24.7. The summed E-state index contributed by atoms with van der Waals surface area (Å²) in [6, 6.07) is 15.0. The fraction of sp³-hybridized carbons (Fsp3) is 0.217. The van der Waals surface area contributed by atoms with Crippen LogP contribution in [0.2, 0.25) is 0 Å². The third kappa shape index (κ3) is 5.80. The number of halogens is 1. The highest BCUT2D eigenvalue weighted by Gasteiger charge is 2.26. The van der Waals surface area contributed by atoms with E-state index < -0.39 is 32.6 Å². The molecule has 1 heterocycles. The molecule has 9 nitrogen and oxygen atoms in total. The van der Waals surface area contributed by atoms with Crippen LogP contribution in [0.25, 0.3) is 0 Å². The van der Waals surface area contributed by atoms with Crippen molar-refractivity contribution in [1.29, 1.82) is 0 Å². The van der Waals surface area contributed by atoms with Gasteiger partial charge in [-0.15, -0.1) is 0 Å². The second-order valence-corrected chi connectivity index (χ2v) is 8.92. The molecule has 2 amide bonds. The maximum Gasteiger partial charge on any atom is 0.305 e. The molecule has 0 unspecified atom stereocenters. The van der Waals surface area contributed by atoms with E-state index >= 15 is 0 Å². The summed E-state index contributed by atoms with van der Waals surface area (Å²) >= 11 is 0. The number of para-hydroxylation sites is 1. The first kappa shape index (κ1) is 24.9. The van der Waals surface area contributed by atoms with Crippen molar-refractivity contribution in [3.8, 4) is 5.75 Å². The van der Waals surface area contributed by atoms with E-state index in [2.05, 4.69) is 10.9 Å².